The van der Waals surface area contributed by atoms with E-state index in [-0.39, 0.29) is 5.78 Å². The number of Topliss-reactive ketones (excluding diaryl/α,β-unsaturated/α-hetero) is 1. The van der Waals surface area contributed by atoms with Crippen molar-refractivity contribution in [3.05, 3.63) is 47.5 Å². The molecule has 8 heteroatoms. The lowest BCUT2D eigenvalue weighted by Crippen LogP contribution is -1.96. The molecule has 3 rings (SSSR count). The third-order valence-corrected chi connectivity index (χ3v) is 4.94. The molecule has 0 saturated carbocycles. The molecule has 0 spiro atoms. The van der Waals surface area contributed by atoms with Gasteiger partial charge in [0, 0.05) is 22.4 Å². The summed E-state index contributed by atoms with van der Waals surface area (Å²) in [5, 5.41) is 8.60. The van der Waals surface area contributed by atoms with Crippen molar-refractivity contribution >= 4 is 17.5 Å². The Morgan fingerprint density at radius 3 is 2.36 bits per heavy atom. The molecular formula is C20H20N2O5S. The molecule has 1 aromatic heterocycles. The number of ether oxygens (including phenoxy) is 3. The van der Waals surface area contributed by atoms with Gasteiger partial charge in [0.25, 0.3) is 5.22 Å². The van der Waals surface area contributed by atoms with Crippen LogP contribution in [0.2, 0.25) is 0 Å². The van der Waals surface area contributed by atoms with Crippen molar-refractivity contribution in [2.24, 2.45) is 0 Å². The minimum absolute atomic E-state index is 0.00225. The molecule has 2 aromatic carbocycles. The maximum atomic E-state index is 11.6. The fourth-order valence-corrected chi connectivity index (χ4v) is 3.34. The number of methoxy groups -OCH3 is 3. The van der Waals surface area contributed by atoms with E-state index in [1.54, 1.807) is 45.6 Å². The molecule has 7 nitrogen and oxygen atoms in total. The average Bonchev–Trinajstić information content (AvgIpc) is 3.20. The largest absolute Gasteiger partial charge is 0.496 e. The monoisotopic (exact) mass is 400 g/mol. The van der Waals surface area contributed by atoms with Crippen LogP contribution in [0.4, 0.5) is 0 Å². The van der Waals surface area contributed by atoms with Crippen molar-refractivity contribution in [1.82, 2.24) is 10.2 Å². The van der Waals surface area contributed by atoms with Crippen molar-refractivity contribution in [1.29, 1.82) is 0 Å². The van der Waals surface area contributed by atoms with E-state index in [0.29, 0.717) is 39.7 Å². The molecule has 0 fully saturated rings. The van der Waals surface area contributed by atoms with Crippen LogP contribution in [0.15, 0.2) is 46.0 Å². The molecule has 0 aliphatic carbocycles. The summed E-state index contributed by atoms with van der Waals surface area (Å²) in [6.07, 6.45) is 0. The highest BCUT2D eigenvalue weighted by Gasteiger charge is 2.14. The summed E-state index contributed by atoms with van der Waals surface area (Å²) in [4.78, 5) is 11.6. The molecular weight excluding hydrogens is 380 g/mol. The van der Waals surface area contributed by atoms with Gasteiger partial charge in [-0.25, -0.2) is 0 Å². The Balaban J connectivity index is 1.77. The topological polar surface area (TPSA) is 83.7 Å². The Morgan fingerprint density at radius 1 is 0.964 bits per heavy atom. The van der Waals surface area contributed by atoms with Crippen molar-refractivity contribution in [3.63, 3.8) is 0 Å². The second-order valence-corrected chi connectivity index (χ2v) is 6.74. The van der Waals surface area contributed by atoms with Gasteiger partial charge >= 0.3 is 0 Å². The average molecular weight is 400 g/mol. The summed E-state index contributed by atoms with van der Waals surface area (Å²) in [7, 11) is 4.74. The fraction of sp³-hybridized carbons (Fsp3) is 0.250. The highest BCUT2D eigenvalue weighted by Crippen LogP contribution is 2.34. The molecule has 146 valence electrons. The van der Waals surface area contributed by atoms with E-state index in [0.717, 1.165) is 11.1 Å². The third-order valence-electron chi connectivity index (χ3n) is 4.08. The summed E-state index contributed by atoms with van der Waals surface area (Å²) >= 11 is 1.37. The smallest absolute Gasteiger partial charge is 0.277 e. The zero-order valence-electron chi connectivity index (χ0n) is 16.0. The molecule has 0 aliphatic rings. The molecule has 3 aromatic rings. The van der Waals surface area contributed by atoms with E-state index in [4.69, 9.17) is 18.6 Å². The number of rotatable bonds is 8. The van der Waals surface area contributed by atoms with Crippen LogP contribution >= 0.6 is 11.8 Å². The predicted octanol–water partition coefficient (Wildman–Crippen LogP) is 4.26. The summed E-state index contributed by atoms with van der Waals surface area (Å²) in [6, 6.07) is 10.7. The maximum Gasteiger partial charge on any atom is 0.277 e. The van der Waals surface area contributed by atoms with Crippen LogP contribution in [-0.4, -0.2) is 37.3 Å². The lowest BCUT2D eigenvalue weighted by atomic mass is 10.1. The van der Waals surface area contributed by atoms with Gasteiger partial charge < -0.3 is 18.6 Å². The lowest BCUT2D eigenvalue weighted by molar-refractivity contribution is 0.101. The van der Waals surface area contributed by atoms with Gasteiger partial charge in [-0.3, -0.25) is 4.79 Å². The fourth-order valence-electron chi connectivity index (χ4n) is 2.60. The van der Waals surface area contributed by atoms with Crippen LogP contribution in [0.5, 0.6) is 17.2 Å². The Morgan fingerprint density at radius 2 is 1.68 bits per heavy atom. The SMILES string of the molecule is COc1ccc(C(C)=O)cc1CSc1nnc(-c2ccc(OC)c(OC)c2)o1. The molecule has 0 unspecified atom stereocenters. The zero-order valence-corrected chi connectivity index (χ0v) is 16.8. The van der Waals surface area contributed by atoms with Crippen LogP contribution in [0.25, 0.3) is 11.5 Å². The van der Waals surface area contributed by atoms with Crippen LogP contribution in [0.1, 0.15) is 22.8 Å². The molecule has 0 amide bonds. The number of nitrogens with zero attached hydrogens (tertiary/aromatic N) is 2. The van der Waals surface area contributed by atoms with Gasteiger partial charge in [-0.1, -0.05) is 11.8 Å². The minimum Gasteiger partial charge on any atom is -0.496 e. The van der Waals surface area contributed by atoms with E-state index >= 15 is 0 Å². The van der Waals surface area contributed by atoms with Crippen molar-refractivity contribution < 1.29 is 23.4 Å². The Bertz CT molecular complexity index is 986. The number of benzene rings is 2. The van der Waals surface area contributed by atoms with Crippen molar-refractivity contribution in [2.75, 3.05) is 21.3 Å². The van der Waals surface area contributed by atoms with Crippen molar-refractivity contribution in [2.45, 2.75) is 17.9 Å². The number of aromatic nitrogens is 2. The molecule has 28 heavy (non-hydrogen) atoms. The maximum absolute atomic E-state index is 11.6. The molecule has 0 aliphatic heterocycles. The summed E-state index contributed by atoms with van der Waals surface area (Å²) in [6.45, 7) is 1.53. The normalized spacial score (nSPS) is 10.6. The second kappa shape index (κ2) is 8.79. The summed E-state index contributed by atoms with van der Waals surface area (Å²) in [5.41, 5.74) is 2.24. The third kappa shape index (κ3) is 4.28. The highest BCUT2D eigenvalue weighted by molar-refractivity contribution is 7.98. The van der Waals surface area contributed by atoms with Crippen LogP contribution < -0.4 is 14.2 Å². The van der Waals surface area contributed by atoms with E-state index < -0.39 is 0 Å². The van der Waals surface area contributed by atoms with Gasteiger partial charge in [0.15, 0.2) is 17.3 Å². The molecule has 0 N–H and O–H groups in total. The molecule has 0 radical (unpaired) electrons. The van der Waals surface area contributed by atoms with Gasteiger partial charge in [0.1, 0.15) is 5.75 Å². The summed E-state index contributed by atoms with van der Waals surface area (Å²) in [5.74, 6) is 2.82. The number of carbonyl (C=O) groups excluding carboxylic acids is 1. The zero-order chi connectivity index (χ0) is 20.1. The second-order valence-electron chi connectivity index (χ2n) is 5.81. The van der Waals surface area contributed by atoms with Gasteiger partial charge in [-0.05, 0) is 43.3 Å². The summed E-state index contributed by atoms with van der Waals surface area (Å²) < 4.78 is 21.7. The first-order valence-corrected chi connectivity index (χ1v) is 9.40. The number of hydrogen-bond donors (Lipinski definition) is 0. The standard InChI is InChI=1S/C20H20N2O5S/c1-12(23)13-5-7-16(24-2)15(9-13)11-28-20-22-21-19(27-20)14-6-8-17(25-3)18(10-14)26-4/h5-10H,11H2,1-4H3. The Hall–Kier alpha value is -3.00. The first kappa shape index (κ1) is 19.8. The van der Waals surface area contributed by atoms with Crippen molar-refractivity contribution in [3.8, 4) is 28.7 Å². The quantitative estimate of drug-likeness (QED) is 0.410. The first-order chi connectivity index (χ1) is 13.5. The first-order valence-electron chi connectivity index (χ1n) is 8.42. The van der Waals surface area contributed by atoms with E-state index in [1.165, 1.54) is 18.7 Å². The number of thioether (sulfide) groups is 1. The van der Waals surface area contributed by atoms with Crippen LogP contribution in [0, 0.1) is 0 Å². The van der Waals surface area contributed by atoms with Gasteiger partial charge in [0.2, 0.25) is 5.89 Å². The van der Waals surface area contributed by atoms with E-state index in [2.05, 4.69) is 10.2 Å². The molecule has 1 heterocycles. The molecule has 0 bridgehead atoms. The van der Waals surface area contributed by atoms with Gasteiger partial charge in [-0.15, -0.1) is 10.2 Å². The number of ketones is 1. The Labute approximate surface area is 167 Å². The molecule has 0 atom stereocenters. The van der Waals surface area contributed by atoms with E-state index in [1.807, 2.05) is 12.1 Å². The van der Waals surface area contributed by atoms with Gasteiger partial charge in [0.05, 0.1) is 21.3 Å². The van der Waals surface area contributed by atoms with Crippen LogP contribution in [0.3, 0.4) is 0 Å². The molecule has 0 saturated heterocycles. The van der Waals surface area contributed by atoms with Gasteiger partial charge in [-0.2, -0.15) is 0 Å². The lowest BCUT2D eigenvalue weighted by Gasteiger charge is -2.08. The minimum atomic E-state index is 0.00225. The van der Waals surface area contributed by atoms with Crippen LogP contribution in [-0.2, 0) is 5.75 Å². The highest BCUT2D eigenvalue weighted by atomic mass is 32.2. The number of carbonyl (C=O) groups is 1. The predicted molar refractivity (Wildman–Crippen MR) is 105 cm³/mol. The van der Waals surface area contributed by atoms with E-state index in [9.17, 15) is 4.79 Å². The Kier molecular flexibility index (Phi) is 6.20. The number of hydrogen-bond acceptors (Lipinski definition) is 8.